The lowest BCUT2D eigenvalue weighted by Crippen LogP contribution is -2.34. The highest BCUT2D eigenvalue weighted by atomic mass is 19.1. The predicted octanol–water partition coefficient (Wildman–Crippen LogP) is 3.08. The number of benzene rings is 2. The molecule has 0 aliphatic rings. The largest absolute Gasteiger partial charge is 0.496 e. The molecule has 2 N–H and O–H groups in total. The average Bonchev–Trinajstić information content (AvgIpc) is 2.55. The van der Waals surface area contributed by atoms with Crippen molar-refractivity contribution in [3.05, 3.63) is 65.5 Å². The number of methoxy groups -OCH3 is 1. The van der Waals surface area contributed by atoms with Crippen LogP contribution in [0.5, 0.6) is 5.75 Å². The van der Waals surface area contributed by atoms with Gasteiger partial charge < -0.3 is 15.2 Å². The highest BCUT2D eigenvalue weighted by molar-refractivity contribution is 5.97. The van der Waals surface area contributed by atoms with Gasteiger partial charge in [0, 0.05) is 6.04 Å². The Bertz CT molecular complexity index is 661. The van der Waals surface area contributed by atoms with E-state index in [2.05, 4.69) is 5.32 Å². The summed E-state index contributed by atoms with van der Waals surface area (Å²) < 4.78 is 18.4. The maximum absolute atomic E-state index is 13.3. The molecule has 0 aliphatic carbocycles. The number of nitrogens with one attached hydrogen (secondary N) is 1. The van der Waals surface area contributed by atoms with E-state index in [4.69, 9.17) is 4.74 Å². The van der Waals surface area contributed by atoms with E-state index >= 15 is 0 Å². The normalized spacial score (nSPS) is 13.2. The molecule has 5 heteroatoms. The summed E-state index contributed by atoms with van der Waals surface area (Å²) in [6.07, 6.45) is -0.325. The predicted molar refractivity (Wildman–Crippen MR) is 85.9 cm³/mol. The minimum Gasteiger partial charge on any atom is -0.496 e. The van der Waals surface area contributed by atoms with Gasteiger partial charge in [-0.05, 0) is 37.1 Å². The van der Waals surface area contributed by atoms with Crippen molar-refractivity contribution in [2.24, 2.45) is 0 Å². The van der Waals surface area contributed by atoms with Crippen LogP contribution in [0.1, 0.15) is 35.4 Å². The van der Waals surface area contributed by atoms with Crippen LogP contribution in [-0.4, -0.2) is 24.2 Å². The van der Waals surface area contributed by atoms with E-state index in [1.54, 1.807) is 6.92 Å². The molecule has 0 aromatic heterocycles. The van der Waals surface area contributed by atoms with Crippen molar-refractivity contribution >= 4 is 5.91 Å². The summed E-state index contributed by atoms with van der Waals surface area (Å²) in [6.45, 7) is 1.79. The van der Waals surface area contributed by atoms with Gasteiger partial charge >= 0.3 is 0 Å². The molecule has 2 rings (SSSR count). The molecule has 0 radical (unpaired) electrons. The first-order chi connectivity index (χ1) is 11.0. The van der Waals surface area contributed by atoms with Gasteiger partial charge in [0.1, 0.15) is 11.6 Å². The van der Waals surface area contributed by atoms with Gasteiger partial charge in [0.05, 0.1) is 18.8 Å². The average molecular weight is 317 g/mol. The van der Waals surface area contributed by atoms with Crippen LogP contribution >= 0.6 is 0 Å². The van der Waals surface area contributed by atoms with Gasteiger partial charge in [-0.1, -0.05) is 30.3 Å². The molecule has 23 heavy (non-hydrogen) atoms. The minimum atomic E-state index is -0.680. The first kappa shape index (κ1) is 17.0. The Kier molecular flexibility index (Phi) is 5.71. The molecule has 0 bridgehead atoms. The molecule has 0 saturated carbocycles. The summed E-state index contributed by atoms with van der Waals surface area (Å²) in [7, 11) is 1.42. The first-order valence-electron chi connectivity index (χ1n) is 7.38. The zero-order valence-corrected chi connectivity index (χ0v) is 13.1. The minimum absolute atomic E-state index is 0.133. The summed E-state index contributed by atoms with van der Waals surface area (Å²) in [5.41, 5.74) is 0.922. The maximum Gasteiger partial charge on any atom is 0.255 e. The zero-order chi connectivity index (χ0) is 16.8. The van der Waals surface area contributed by atoms with Crippen molar-refractivity contribution in [2.45, 2.75) is 25.5 Å². The fourth-order valence-electron chi connectivity index (χ4n) is 2.36. The molecule has 0 fully saturated rings. The van der Waals surface area contributed by atoms with Crippen LogP contribution in [0.4, 0.5) is 4.39 Å². The van der Waals surface area contributed by atoms with E-state index in [1.165, 1.54) is 19.2 Å². The Morgan fingerprint density at radius 3 is 2.61 bits per heavy atom. The van der Waals surface area contributed by atoms with Gasteiger partial charge in [-0.15, -0.1) is 0 Å². The standard InChI is InChI=1S/C18H20FNO3/c1-12(10-16(21)13-6-4-3-5-7-13)20-18(22)15-11-14(19)8-9-17(15)23-2/h3-9,11-12,16,21H,10H2,1-2H3,(H,20,22). The topological polar surface area (TPSA) is 58.6 Å². The second kappa shape index (κ2) is 7.74. The smallest absolute Gasteiger partial charge is 0.255 e. The van der Waals surface area contributed by atoms with Crippen molar-refractivity contribution in [2.75, 3.05) is 7.11 Å². The number of carbonyl (C=O) groups is 1. The Balaban J connectivity index is 2.01. The molecule has 0 saturated heterocycles. The van der Waals surface area contributed by atoms with Crippen LogP contribution in [0, 0.1) is 5.82 Å². The summed E-state index contributed by atoms with van der Waals surface area (Å²) in [4.78, 5) is 12.3. The molecule has 4 nitrogen and oxygen atoms in total. The number of halogens is 1. The summed E-state index contributed by atoms with van der Waals surface area (Å²) in [6, 6.07) is 12.7. The quantitative estimate of drug-likeness (QED) is 0.861. The van der Waals surface area contributed by atoms with Gasteiger partial charge in [0.2, 0.25) is 0 Å². The second-order valence-corrected chi connectivity index (χ2v) is 5.38. The lowest BCUT2D eigenvalue weighted by atomic mass is 10.0. The summed E-state index contributed by atoms with van der Waals surface area (Å²) in [5.74, 6) is -0.637. The molecule has 0 aliphatic heterocycles. The number of hydrogen-bond acceptors (Lipinski definition) is 3. The fraction of sp³-hybridized carbons (Fsp3) is 0.278. The summed E-state index contributed by atoms with van der Waals surface area (Å²) >= 11 is 0. The zero-order valence-electron chi connectivity index (χ0n) is 13.1. The monoisotopic (exact) mass is 317 g/mol. The number of hydrogen-bond donors (Lipinski definition) is 2. The Morgan fingerprint density at radius 2 is 1.96 bits per heavy atom. The van der Waals surface area contributed by atoms with Crippen molar-refractivity contribution in [3.63, 3.8) is 0 Å². The van der Waals surface area contributed by atoms with Crippen molar-refractivity contribution in [1.82, 2.24) is 5.32 Å². The third-order valence-electron chi connectivity index (χ3n) is 3.54. The third-order valence-corrected chi connectivity index (χ3v) is 3.54. The highest BCUT2D eigenvalue weighted by Crippen LogP contribution is 2.21. The maximum atomic E-state index is 13.3. The summed E-state index contributed by atoms with van der Waals surface area (Å²) in [5, 5.41) is 12.9. The van der Waals surface area contributed by atoms with Crippen LogP contribution in [0.15, 0.2) is 48.5 Å². The number of amides is 1. The van der Waals surface area contributed by atoms with Crippen LogP contribution in [0.2, 0.25) is 0 Å². The number of carbonyl (C=O) groups excluding carboxylic acids is 1. The van der Waals surface area contributed by atoms with Crippen LogP contribution in [0.25, 0.3) is 0 Å². The molecule has 2 atom stereocenters. The molecule has 0 heterocycles. The Morgan fingerprint density at radius 1 is 1.26 bits per heavy atom. The van der Waals surface area contributed by atoms with Gasteiger partial charge in [0.15, 0.2) is 0 Å². The number of rotatable bonds is 6. The van der Waals surface area contributed by atoms with Gasteiger partial charge in [0.25, 0.3) is 5.91 Å². The van der Waals surface area contributed by atoms with Crippen molar-refractivity contribution in [1.29, 1.82) is 0 Å². The molecule has 0 spiro atoms. The van der Waals surface area contributed by atoms with Crippen LogP contribution < -0.4 is 10.1 Å². The van der Waals surface area contributed by atoms with Gasteiger partial charge in [-0.3, -0.25) is 4.79 Å². The first-order valence-corrected chi connectivity index (χ1v) is 7.38. The van der Waals surface area contributed by atoms with E-state index in [0.717, 1.165) is 11.6 Å². The molecular formula is C18H20FNO3. The van der Waals surface area contributed by atoms with E-state index < -0.39 is 17.8 Å². The van der Waals surface area contributed by atoms with Crippen LogP contribution in [-0.2, 0) is 0 Å². The third kappa shape index (κ3) is 4.53. The Hall–Kier alpha value is -2.40. The molecule has 2 aromatic rings. The van der Waals surface area contributed by atoms with Crippen LogP contribution in [0.3, 0.4) is 0 Å². The lowest BCUT2D eigenvalue weighted by molar-refractivity contribution is 0.0913. The molecule has 1 amide bonds. The van der Waals surface area contributed by atoms with Gasteiger partial charge in [-0.25, -0.2) is 4.39 Å². The van der Waals surface area contributed by atoms with E-state index in [1.807, 2.05) is 30.3 Å². The molecular weight excluding hydrogens is 297 g/mol. The fourth-order valence-corrected chi connectivity index (χ4v) is 2.36. The van der Waals surface area contributed by atoms with Crippen molar-refractivity contribution < 1.29 is 19.0 Å². The second-order valence-electron chi connectivity index (χ2n) is 5.38. The molecule has 122 valence electrons. The SMILES string of the molecule is COc1ccc(F)cc1C(=O)NC(C)CC(O)c1ccccc1. The van der Waals surface area contributed by atoms with E-state index in [9.17, 15) is 14.3 Å². The van der Waals surface area contributed by atoms with Crippen molar-refractivity contribution in [3.8, 4) is 5.75 Å². The van der Waals surface area contributed by atoms with E-state index in [-0.39, 0.29) is 11.6 Å². The van der Waals surface area contributed by atoms with Gasteiger partial charge in [-0.2, -0.15) is 0 Å². The number of aliphatic hydroxyl groups excluding tert-OH is 1. The number of aliphatic hydroxyl groups is 1. The highest BCUT2D eigenvalue weighted by Gasteiger charge is 2.18. The number of ether oxygens (including phenoxy) is 1. The molecule has 2 aromatic carbocycles. The van der Waals surface area contributed by atoms with E-state index in [0.29, 0.717) is 12.2 Å². The Labute approximate surface area is 134 Å². The lowest BCUT2D eigenvalue weighted by Gasteiger charge is -2.19. The molecule has 2 unspecified atom stereocenters.